The second kappa shape index (κ2) is 4.90. The minimum absolute atomic E-state index is 0.0563. The maximum absolute atomic E-state index is 11.0. The van der Waals surface area contributed by atoms with Gasteiger partial charge in [0.1, 0.15) is 0 Å². The molecule has 1 aliphatic heterocycles. The lowest BCUT2D eigenvalue weighted by atomic mass is 10.0. The third kappa shape index (κ3) is 2.40. The van der Waals surface area contributed by atoms with E-state index < -0.39 is 11.9 Å². The lowest BCUT2D eigenvalue weighted by molar-refractivity contribution is -0.143. The highest BCUT2D eigenvalue weighted by atomic mass is 32.1. The predicted octanol–water partition coefficient (Wildman–Crippen LogP) is 0.675. The van der Waals surface area contributed by atoms with E-state index in [2.05, 4.69) is 4.98 Å². The molecule has 88 valence electrons. The molecule has 0 amide bonds. The number of rotatable bonds is 4. The van der Waals surface area contributed by atoms with Gasteiger partial charge in [0.05, 0.1) is 30.3 Å². The zero-order chi connectivity index (χ0) is 11.5. The summed E-state index contributed by atoms with van der Waals surface area (Å²) in [6.45, 7) is 1.46. The van der Waals surface area contributed by atoms with E-state index in [4.69, 9.17) is 9.84 Å². The molecule has 0 aromatic carbocycles. The van der Waals surface area contributed by atoms with Gasteiger partial charge in [0.25, 0.3) is 0 Å². The smallest absolute Gasteiger partial charge is 0.310 e. The predicted molar refractivity (Wildman–Crippen MR) is 59.3 cm³/mol. The summed E-state index contributed by atoms with van der Waals surface area (Å²) in [7, 11) is 1.91. The summed E-state index contributed by atoms with van der Waals surface area (Å²) >= 11 is 1.55. The first-order chi connectivity index (χ1) is 7.68. The molecule has 1 aliphatic rings. The number of likely N-dealkylation sites (N-methyl/N-ethyl adjacent to an activating group) is 1. The Hall–Kier alpha value is -0.980. The van der Waals surface area contributed by atoms with Crippen LogP contribution in [-0.2, 0) is 16.1 Å². The van der Waals surface area contributed by atoms with E-state index in [0.29, 0.717) is 19.8 Å². The fraction of sp³-hybridized carbons (Fsp3) is 0.600. The topological polar surface area (TPSA) is 62.7 Å². The molecule has 0 bridgehead atoms. The summed E-state index contributed by atoms with van der Waals surface area (Å²) in [5.74, 6) is -1.21. The van der Waals surface area contributed by atoms with E-state index in [1.165, 1.54) is 0 Å². The van der Waals surface area contributed by atoms with Crippen molar-refractivity contribution < 1.29 is 14.6 Å². The molecule has 0 aliphatic carbocycles. The highest BCUT2D eigenvalue weighted by Crippen LogP contribution is 2.20. The van der Waals surface area contributed by atoms with Gasteiger partial charge in [0.15, 0.2) is 0 Å². The number of hydrogen-bond donors (Lipinski definition) is 1. The molecule has 1 saturated heterocycles. The fourth-order valence-corrected chi connectivity index (χ4v) is 2.45. The molecule has 1 N–H and O–H groups in total. The van der Waals surface area contributed by atoms with E-state index >= 15 is 0 Å². The van der Waals surface area contributed by atoms with Gasteiger partial charge >= 0.3 is 5.97 Å². The SMILES string of the molecule is CN(Cc1cscn1)C1COCC1C(=O)O. The average Bonchev–Trinajstić information content (AvgIpc) is 2.86. The summed E-state index contributed by atoms with van der Waals surface area (Å²) in [5, 5.41) is 11.0. The molecule has 2 atom stereocenters. The van der Waals surface area contributed by atoms with Crippen molar-refractivity contribution in [1.29, 1.82) is 0 Å². The van der Waals surface area contributed by atoms with Gasteiger partial charge in [-0.3, -0.25) is 9.69 Å². The summed E-state index contributed by atoms with van der Waals surface area (Å²) in [4.78, 5) is 17.2. The summed E-state index contributed by atoms with van der Waals surface area (Å²) in [5.41, 5.74) is 2.76. The molecule has 2 heterocycles. The monoisotopic (exact) mass is 242 g/mol. The zero-order valence-corrected chi connectivity index (χ0v) is 9.81. The van der Waals surface area contributed by atoms with Crippen molar-refractivity contribution in [1.82, 2.24) is 9.88 Å². The van der Waals surface area contributed by atoms with Crippen LogP contribution in [0, 0.1) is 5.92 Å². The van der Waals surface area contributed by atoms with Crippen LogP contribution in [0.1, 0.15) is 5.69 Å². The van der Waals surface area contributed by atoms with Gasteiger partial charge in [-0.1, -0.05) is 0 Å². The number of carboxylic acid groups (broad SMARTS) is 1. The number of nitrogens with zero attached hydrogens (tertiary/aromatic N) is 2. The molecule has 1 aromatic rings. The zero-order valence-electron chi connectivity index (χ0n) is 9.00. The normalized spacial score (nSPS) is 25.1. The van der Waals surface area contributed by atoms with Gasteiger partial charge in [-0.25, -0.2) is 4.98 Å². The first-order valence-electron chi connectivity index (χ1n) is 5.06. The van der Waals surface area contributed by atoms with E-state index in [1.807, 2.05) is 17.3 Å². The van der Waals surface area contributed by atoms with Gasteiger partial charge in [-0.2, -0.15) is 0 Å². The van der Waals surface area contributed by atoms with E-state index in [0.717, 1.165) is 5.69 Å². The van der Waals surface area contributed by atoms with Crippen LogP contribution in [-0.4, -0.2) is 47.3 Å². The Balaban J connectivity index is 1.98. The first kappa shape index (κ1) is 11.5. The highest BCUT2D eigenvalue weighted by Gasteiger charge is 2.36. The van der Waals surface area contributed by atoms with Gasteiger partial charge in [-0.05, 0) is 7.05 Å². The molecule has 6 heteroatoms. The Morgan fingerprint density at radius 3 is 3.19 bits per heavy atom. The molecule has 0 spiro atoms. The van der Waals surface area contributed by atoms with E-state index in [9.17, 15) is 4.79 Å². The number of hydrogen-bond acceptors (Lipinski definition) is 5. The molecule has 0 radical (unpaired) electrons. The van der Waals surface area contributed by atoms with Crippen molar-refractivity contribution in [2.45, 2.75) is 12.6 Å². The van der Waals surface area contributed by atoms with Crippen LogP contribution in [0.3, 0.4) is 0 Å². The van der Waals surface area contributed by atoms with Crippen LogP contribution in [0.15, 0.2) is 10.9 Å². The van der Waals surface area contributed by atoms with Crippen LogP contribution < -0.4 is 0 Å². The third-order valence-electron chi connectivity index (χ3n) is 2.83. The lowest BCUT2D eigenvalue weighted by Crippen LogP contribution is -2.40. The standard InChI is InChI=1S/C10H14N2O3S/c1-12(2-7-5-16-6-11-7)9-4-15-3-8(9)10(13)14/h5-6,8-9H,2-4H2,1H3,(H,13,14). The van der Waals surface area contributed by atoms with Gasteiger partial charge < -0.3 is 9.84 Å². The molecule has 1 fully saturated rings. The number of carboxylic acids is 1. The van der Waals surface area contributed by atoms with Crippen molar-refractivity contribution in [3.63, 3.8) is 0 Å². The minimum atomic E-state index is -0.785. The van der Waals surface area contributed by atoms with Crippen molar-refractivity contribution in [2.75, 3.05) is 20.3 Å². The van der Waals surface area contributed by atoms with Gasteiger partial charge in [0, 0.05) is 18.0 Å². The number of ether oxygens (including phenoxy) is 1. The van der Waals surface area contributed by atoms with Gasteiger partial charge in [-0.15, -0.1) is 11.3 Å². The molecule has 5 nitrogen and oxygen atoms in total. The highest BCUT2D eigenvalue weighted by molar-refractivity contribution is 7.07. The van der Waals surface area contributed by atoms with Crippen LogP contribution in [0.5, 0.6) is 0 Å². The second-order valence-corrected chi connectivity index (χ2v) is 4.66. The third-order valence-corrected chi connectivity index (χ3v) is 3.46. The average molecular weight is 242 g/mol. The number of aliphatic carboxylic acids is 1. The summed E-state index contributed by atoms with van der Waals surface area (Å²) in [6.07, 6.45) is 0. The molecule has 0 saturated carbocycles. The number of aromatic nitrogens is 1. The number of carbonyl (C=O) groups is 1. The van der Waals surface area contributed by atoms with Crippen molar-refractivity contribution in [3.8, 4) is 0 Å². The van der Waals surface area contributed by atoms with Crippen LogP contribution in [0.4, 0.5) is 0 Å². The minimum Gasteiger partial charge on any atom is -0.481 e. The summed E-state index contributed by atoms with van der Waals surface area (Å²) in [6, 6.07) is -0.0563. The van der Waals surface area contributed by atoms with Crippen LogP contribution >= 0.6 is 11.3 Å². The molecular weight excluding hydrogens is 228 g/mol. The maximum Gasteiger partial charge on any atom is 0.310 e. The molecular formula is C10H14N2O3S. The van der Waals surface area contributed by atoms with Crippen molar-refractivity contribution in [3.05, 3.63) is 16.6 Å². The summed E-state index contributed by atoms with van der Waals surface area (Å²) < 4.78 is 5.23. The first-order valence-corrected chi connectivity index (χ1v) is 6.00. The maximum atomic E-state index is 11.0. The number of thiazole rings is 1. The Labute approximate surface area is 97.7 Å². The van der Waals surface area contributed by atoms with E-state index in [1.54, 1.807) is 16.8 Å². The molecule has 2 unspecified atom stereocenters. The Morgan fingerprint density at radius 1 is 1.75 bits per heavy atom. The second-order valence-electron chi connectivity index (χ2n) is 3.94. The molecule has 16 heavy (non-hydrogen) atoms. The Morgan fingerprint density at radius 2 is 2.56 bits per heavy atom. The fourth-order valence-electron chi connectivity index (χ4n) is 1.90. The lowest BCUT2D eigenvalue weighted by Gasteiger charge is -2.25. The molecule has 1 aromatic heterocycles. The van der Waals surface area contributed by atoms with Crippen LogP contribution in [0.25, 0.3) is 0 Å². The van der Waals surface area contributed by atoms with E-state index in [-0.39, 0.29) is 6.04 Å². The van der Waals surface area contributed by atoms with Gasteiger partial charge in [0.2, 0.25) is 0 Å². The molecule has 2 rings (SSSR count). The van der Waals surface area contributed by atoms with Crippen LogP contribution in [0.2, 0.25) is 0 Å². The largest absolute Gasteiger partial charge is 0.481 e. The van der Waals surface area contributed by atoms with Crippen molar-refractivity contribution >= 4 is 17.3 Å². The Bertz CT molecular complexity index is 355. The quantitative estimate of drug-likeness (QED) is 0.841. The Kier molecular flexibility index (Phi) is 3.52. The van der Waals surface area contributed by atoms with Crippen molar-refractivity contribution in [2.24, 2.45) is 5.92 Å².